The maximum atomic E-state index is 12.9. The van der Waals surface area contributed by atoms with Gasteiger partial charge in [-0.05, 0) is 89.9 Å². The molecule has 0 fully saturated rings. The largest absolute Gasteiger partial charge is 0.462 e. The molecule has 0 aliphatic heterocycles. The van der Waals surface area contributed by atoms with Crippen LogP contribution in [0.3, 0.4) is 0 Å². The van der Waals surface area contributed by atoms with Crippen molar-refractivity contribution in [1.29, 1.82) is 0 Å². The van der Waals surface area contributed by atoms with Crippen molar-refractivity contribution < 1.29 is 28.6 Å². The van der Waals surface area contributed by atoms with E-state index in [0.717, 1.165) is 116 Å². The molecule has 0 saturated carbocycles. The Balaban J connectivity index is 4.39. The zero-order valence-electron chi connectivity index (χ0n) is 44.6. The van der Waals surface area contributed by atoms with Crippen LogP contribution in [0.5, 0.6) is 0 Å². The van der Waals surface area contributed by atoms with Gasteiger partial charge in [-0.1, -0.05) is 247 Å². The summed E-state index contributed by atoms with van der Waals surface area (Å²) in [6, 6.07) is 0. The predicted molar refractivity (Wildman–Crippen MR) is 293 cm³/mol. The number of ether oxygens (including phenoxy) is 3. The first-order valence-electron chi connectivity index (χ1n) is 28.6. The Morgan fingerprint density at radius 3 is 0.926 bits per heavy atom. The predicted octanol–water partition coefficient (Wildman–Crippen LogP) is 19.2. The molecule has 0 heterocycles. The van der Waals surface area contributed by atoms with Gasteiger partial charge in [0.1, 0.15) is 13.2 Å². The number of rotatable bonds is 51. The summed E-state index contributed by atoms with van der Waals surface area (Å²) < 4.78 is 16.8. The van der Waals surface area contributed by atoms with Crippen LogP contribution in [-0.4, -0.2) is 37.2 Å². The molecule has 6 heteroatoms. The first-order chi connectivity index (χ1) is 33.5. The van der Waals surface area contributed by atoms with E-state index in [2.05, 4.69) is 106 Å². The highest BCUT2D eigenvalue weighted by Crippen LogP contribution is 2.16. The van der Waals surface area contributed by atoms with E-state index in [0.29, 0.717) is 19.3 Å². The van der Waals surface area contributed by atoms with Gasteiger partial charge in [0.25, 0.3) is 0 Å². The summed E-state index contributed by atoms with van der Waals surface area (Å²) in [6.07, 6.45) is 73.0. The summed E-state index contributed by atoms with van der Waals surface area (Å²) in [7, 11) is 0. The molecule has 0 rings (SSSR count). The monoisotopic (exact) mass is 947 g/mol. The number of allylic oxidation sites excluding steroid dienone is 14. The molecule has 1 atom stereocenters. The third-order valence-electron chi connectivity index (χ3n) is 12.1. The highest BCUT2D eigenvalue weighted by Gasteiger charge is 2.19. The van der Waals surface area contributed by atoms with Crippen molar-refractivity contribution in [3.8, 4) is 0 Å². The molecule has 0 radical (unpaired) electrons. The first-order valence-corrected chi connectivity index (χ1v) is 28.6. The SMILES string of the molecule is CC/C=C\C/C=C\C/C=C\C/C=C\CCCCCCCCC(=O)OCC(COC(=O)CCCC/C=C\C/C=C\C/C=C\CC)OC(=O)CCCCCCCCCCCCCCCCCCCCC. The Hall–Kier alpha value is -3.41. The van der Waals surface area contributed by atoms with Crippen LogP contribution >= 0.6 is 0 Å². The van der Waals surface area contributed by atoms with Crippen molar-refractivity contribution >= 4 is 17.9 Å². The van der Waals surface area contributed by atoms with Crippen LogP contribution in [0.2, 0.25) is 0 Å². The lowest BCUT2D eigenvalue weighted by Crippen LogP contribution is -2.30. The standard InChI is InChI=1S/C62H106O6/c1-4-7-10-13-16-19-22-25-27-29-31-33-35-37-40-43-46-49-52-55-61(64)67-58-59(57-66-60(63)54-51-48-45-42-39-24-21-18-15-12-9-6-3)68-62(65)56-53-50-47-44-41-38-36-34-32-30-28-26-23-20-17-14-11-8-5-2/h7,9-10,12,16,18-19,21,25,27,31,33,39,42,59H,4-6,8,11,13-15,17,20,22-24,26,28-30,32,34-38,40-41,43-58H2,1-3H3/b10-7-,12-9-,19-16-,21-18-,27-25-,33-31-,42-39-. The fraction of sp³-hybridized carbons (Fsp3) is 0.726. The molecule has 0 aromatic heterocycles. The summed E-state index contributed by atoms with van der Waals surface area (Å²) in [5, 5.41) is 0. The highest BCUT2D eigenvalue weighted by atomic mass is 16.6. The van der Waals surface area contributed by atoms with Crippen molar-refractivity contribution in [3.63, 3.8) is 0 Å². The van der Waals surface area contributed by atoms with Crippen LogP contribution in [0.4, 0.5) is 0 Å². The minimum absolute atomic E-state index is 0.0948. The van der Waals surface area contributed by atoms with Crippen molar-refractivity contribution in [2.75, 3.05) is 13.2 Å². The molecular weight excluding hydrogens is 841 g/mol. The third-order valence-corrected chi connectivity index (χ3v) is 12.1. The molecule has 0 N–H and O–H groups in total. The molecule has 0 bridgehead atoms. The highest BCUT2D eigenvalue weighted by molar-refractivity contribution is 5.71. The van der Waals surface area contributed by atoms with Gasteiger partial charge in [0.05, 0.1) is 0 Å². The second-order valence-electron chi connectivity index (χ2n) is 18.8. The average molecular weight is 948 g/mol. The van der Waals surface area contributed by atoms with Crippen molar-refractivity contribution in [2.45, 2.75) is 277 Å². The zero-order chi connectivity index (χ0) is 49.3. The van der Waals surface area contributed by atoms with Crippen LogP contribution in [0.25, 0.3) is 0 Å². The van der Waals surface area contributed by atoms with E-state index >= 15 is 0 Å². The summed E-state index contributed by atoms with van der Waals surface area (Å²) >= 11 is 0. The molecule has 0 aliphatic rings. The minimum Gasteiger partial charge on any atom is -0.462 e. The number of carbonyl (C=O) groups excluding carboxylic acids is 3. The van der Waals surface area contributed by atoms with E-state index in [1.165, 1.54) is 116 Å². The van der Waals surface area contributed by atoms with E-state index in [1.807, 2.05) is 0 Å². The van der Waals surface area contributed by atoms with E-state index in [-0.39, 0.29) is 31.1 Å². The lowest BCUT2D eigenvalue weighted by Gasteiger charge is -2.18. The van der Waals surface area contributed by atoms with E-state index in [4.69, 9.17) is 14.2 Å². The van der Waals surface area contributed by atoms with Crippen molar-refractivity contribution in [2.24, 2.45) is 0 Å². The molecule has 0 aliphatic carbocycles. The van der Waals surface area contributed by atoms with Gasteiger partial charge >= 0.3 is 17.9 Å². The third kappa shape index (κ3) is 53.5. The maximum Gasteiger partial charge on any atom is 0.306 e. The van der Waals surface area contributed by atoms with Gasteiger partial charge in [-0.25, -0.2) is 0 Å². The van der Waals surface area contributed by atoms with Gasteiger partial charge < -0.3 is 14.2 Å². The van der Waals surface area contributed by atoms with E-state index < -0.39 is 6.10 Å². The molecule has 0 saturated heterocycles. The number of esters is 3. The van der Waals surface area contributed by atoms with Gasteiger partial charge in [0.2, 0.25) is 0 Å². The maximum absolute atomic E-state index is 12.9. The summed E-state index contributed by atoms with van der Waals surface area (Å²) in [6.45, 7) is 6.38. The normalized spacial score (nSPS) is 12.7. The van der Waals surface area contributed by atoms with Crippen LogP contribution in [0.1, 0.15) is 271 Å². The van der Waals surface area contributed by atoms with Crippen LogP contribution in [0, 0.1) is 0 Å². The van der Waals surface area contributed by atoms with E-state index in [9.17, 15) is 14.4 Å². The summed E-state index contributed by atoms with van der Waals surface area (Å²) in [5.74, 6) is -0.941. The van der Waals surface area contributed by atoms with Gasteiger partial charge in [0, 0.05) is 19.3 Å². The molecular formula is C62H106O6. The molecule has 390 valence electrons. The molecule has 0 aromatic carbocycles. The summed E-state index contributed by atoms with van der Waals surface area (Å²) in [4.78, 5) is 38.1. The van der Waals surface area contributed by atoms with Crippen molar-refractivity contribution in [3.05, 3.63) is 85.1 Å². The number of hydrogen-bond donors (Lipinski definition) is 0. The molecule has 1 unspecified atom stereocenters. The Bertz CT molecular complexity index is 1320. The fourth-order valence-electron chi connectivity index (χ4n) is 7.92. The second kappa shape index (κ2) is 56.2. The molecule has 0 spiro atoms. The van der Waals surface area contributed by atoms with E-state index in [1.54, 1.807) is 0 Å². The topological polar surface area (TPSA) is 78.9 Å². The number of carbonyl (C=O) groups is 3. The Kier molecular flexibility index (Phi) is 53.4. The van der Waals surface area contributed by atoms with Crippen molar-refractivity contribution in [1.82, 2.24) is 0 Å². The summed E-state index contributed by atoms with van der Waals surface area (Å²) in [5.41, 5.74) is 0. The molecule has 68 heavy (non-hydrogen) atoms. The Morgan fingerprint density at radius 1 is 0.309 bits per heavy atom. The van der Waals surface area contributed by atoms with Gasteiger partial charge in [-0.15, -0.1) is 0 Å². The van der Waals surface area contributed by atoms with Gasteiger partial charge in [0.15, 0.2) is 6.10 Å². The quantitative estimate of drug-likeness (QED) is 0.0262. The molecule has 0 amide bonds. The zero-order valence-corrected chi connectivity index (χ0v) is 44.6. The first kappa shape index (κ1) is 64.6. The number of hydrogen-bond acceptors (Lipinski definition) is 6. The smallest absolute Gasteiger partial charge is 0.306 e. The second-order valence-corrected chi connectivity index (χ2v) is 18.8. The Labute approximate surface area is 420 Å². The van der Waals surface area contributed by atoms with Gasteiger partial charge in [-0.3, -0.25) is 14.4 Å². The van der Waals surface area contributed by atoms with Gasteiger partial charge in [-0.2, -0.15) is 0 Å². The van der Waals surface area contributed by atoms with Crippen LogP contribution in [0.15, 0.2) is 85.1 Å². The lowest BCUT2D eigenvalue weighted by molar-refractivity contribution is -0.167. The number of unbranched alkanes of at least 4 members (excludes halogenated alkanes) is 26. The molecule has 0 aromatic rings. The van der Waals surface area contributed by atoms with Crippen LogP contribution in [-0.2, 0) is 28.6 Å². The Morgan fingerprint density at radius 2 is 0.574 bits per heavy atom. The average Bonchev–Trinajstić information content (AvgIpc) is 3.34. The fourth-order valence-corrected chi connectivity index (χ4v) is 7.92. The van der Waals surface area contributed by atoms with Crippen LogP contribution < -0.4 is 0 Å². The molecule has 6 nitrogen and oxygen atoms in total. The minimum atomic E-state index is -0.797. The lowest BCUT2D eigenvalue weighted by atomic mass is 10.0.